The molecule has 0 bridgehead atoms. The fourth-order valence-corrected chi connectivity index (χ4v) is 2.96. The normalized spacial score (nSPS) is 17.8. The van der Waals surface area contributed by atoms with Gasteiger partial charge in [-0.3, -0.25) is 4.79 Å². The Balaban J connectivity index is 1.74. The van der Waals surface area contributed by atoms with Crippen molar-refractivity contribution in [2.24, 2.45) is 5.73 Å². The Labute approximate surface area is 120 Å². The maximum atomic E-state index is 12.3. The molecule has 4 heteroatoms. The van der Waals surface area contributed by atoms with Crippen LogP contribution in [0.4, 0.5) is 5.69 Å². The first kappa shape index (κ1) is 13.4. The lowest BCUT2D eigenvalue weighted by Crippen LogP contribution is -2.41. The van der Waals surface area contributed by atoms with E-state index in [-0.39, 0.29) is 5.91 Å². The Hall–Kier alpha value is -1.55. The number of carbonyl (C=O) groups is 1. The molecule has 2 N–H and O–H groups in total. The Bertz CT molecular complexity index is 510. The second kappa shape index (κ2) is 5.44. The van der Waals surface area contributed by atoms with Crippen molar-refractivity contribution in [2.45, 2.75) is 38.3 Å². The van der Waals surface area contributed by atoms with E-state index in [2.05, 4.69) is 23.1 Å². The third-order valence-corrected chi connectivity index (χ3v) is 4.41. The van der Waals surface area contributed by atoms with E-state index in [1.54, 1.807) is 0 Å². The molecule has 0 spiro atoms. The molecule has 108 valence electrons. The van der Waals surface area contributed by atoms with Gasteiger partial charge in [0, 0.05) is 31.9 Å². The van der Waals surface area contributed by atoms with E-state index in [4.69, 9.17) is 5.73 Å². The summed E-state index contributed by atoms with van der Waals surface area (Å²) in [6.07, 6.45) is 4.53. The number of likely N-dealkylation sites (N-methyl/N-ethyl adjacent to an activating group) is 1. The van der Waals surface area contributed by atoms with Crippen LogP contribution in [0.5, 0.6) is 0 Å². The van der Waals surface area contributed by atoms with Crippen LogP contribution in [0, 0.1) is 0 Å². The number of amides is 1. The highest BCUT2D eigenvalue weighted by molar-refractivity contribution is 5.82. The van der Waals surface area contributed by atoms with Gasteiger partial charge in [-0.2, -0.15) is 0 Å². The Morgan fingerprint density at radius 1 is 1.45 bits per heavy atom. The fourth-order valence-electron chi connectivity index (χ4n) is 2.96. The molecule has 0 aromatic heterocycles. The number of anilines is 1. The van der Waals surface area contributed by atoms with Crippen molar-refractivity contribution in [3.63, 3.8) is 0 Å². The van der Waals surface area contributed by atoms with Crippen LogP contribution in [0.2, 0.25) is 0 Å². The van der Waals surface area contributed by atoms with Gasteiger partial charge in [-0.25, -0.2) is 0 Å². The lowest BCUT2D eigenvalue weighted by atomic mass is 9.99. The molecular weight excluding hydrogens is 250 g/mol. The molecule has 1 amide bonds. The maximum absolute atomic E-state index is 12.3. The van der Waals surface area contributed by atoms with Gasteiger partial charge in [-0.05, 0) is 42.9 Å². The summed E-state index contributed by atoms with van der Waals surface area (Å²) in [6.45, 7) is 2.05. The lowest BCUT2D eigenvalue weighted by molar-refractivity contribution is -0.128. The molecule has 1 fully saturated rings. The molecule has 1 aliphatic carbocycles. The van der Waals surface area contributed by atoms with Gasteiger partial charge in [0.25, 0.3) is 0 Å². The Kier molecular flexibility index (Phi) is 3.66. The van der Waals surface area contributed by atoms with Gasteiger partial charge in [-0.1, -0.05) is 12.1 Å². The summed E-state index contributed by atoms with van der Waals surface area (Å²) < 4.78 is 0. The van der Waals surface area contributed by atoms with E-state index in [0.29, 0.717) is 19.1 Å². The number of nitrogens with zero attached hydrogens (tertiary/aromatic N) is 2. The number of carbonyl (C=O) groups excluding carboxylic acids is 1. The van der Waals surface area contributed by atoms with Crippen LogP contribution in [0.15, 0.2) is 18.2 Å². The predicted molar refractivity (Wildman–Crippen MR) is 80.7 cm³/mol. The maximum Gasteiger partial charge on any atom is 0.242 e. The number of hydrogen-bond donors (Lipinski definition) is 1. The summed E-state index contributed by atoms with van der Waals surface area (Å²) in [7, 11) is 1.93. The van der Waals surface area contributed by atoms with Crippen molar-refractivity contribution in [2.75, 3.05) is 25.0 Å². The minimum Gasteiger partial charge on any atom is -0.362 e. The molecule has 0 radical (unpaired) electrons. The van der Waals surface area contributed by atoms with Crippen LogP contribution >= 0.6 is 0 Å². The lowest BCUT2D eigenvalue weighted by Gasteiger charge is -2.32. The number of benzene rings is 1. The molecule has 1 heterocycles. The van der Waals surface area contributed by atoms with Gasteiger partial charge in [0.1, 0.15) is 0 Å². The first-order chi connectivity index (χ1) is 9.69. The van der Waals surface area contributed by atoms with Crippen LogP contribution in [0.3, 0.4) is 0 Å². The average molecular weight is 273 g/mol. The second-order valence-electron chi connectivity index (χ2n) is 5.93. The van der Waals surface area contributed by atoms with Crippen molar-refractivity contribution in [1.29, 1.82) is 0 Å². The van der Waals surface area contributed by atoms with Gasteiger partial charge in [0.15, 0.2) is 0 Å². The summed E-state index contributed by atoms with van der Waals surface area (Å²) in [5.74, 6) is 0.239. The van der Waals surface area contributed by atoms with Crippen LogP contribution in [0.25, 0.3) is 0 Å². The molecule has 0 unspecified atom stereocenters. The van der Waals surface area contributed by atoms with Crippen molar-refractivity contribution in [3.05, 3.63) is 29.3 Å². The molecule has 3 rings (SSSR count). The Morgan fingerprint density at radius 3 is 2.95 bits per heavy atom. The third kappa shape index (κ3) is 2.66. The van der Waals surface area contributed by atoms with Gasteiger partial charge < -0.3 is 15.5 Å². The standard InChI is InChI=1S/C16H23N3O/c1-18(14-5-6-14)16(20)11-19-8-2-3-13-9-12(10-17)4-7-15(13)19/h4,7,9,14H,2-3,5-6,8,10-11,17H2,1H3. The molecule has 1 aliphatic heterocycles. The highest BCUT2D eigenvalue weighted by atomic mass is 16.2. The molecule has 20 heavy (non-hydrogen) atoms. The number of nitrogens with two attached hydrogens (primary N) is 1. The highest BCUT2D eigenvalue weighted by Gasteiger charge is 2.30. The van der Waals surface area contributed by atoms with E-state index in [9.17, 15) is 4.79 Å². The minimum atomic E-state index is 0.239. The summed E-state index contributed by atoms with van der Waals surface area (Å²) in [5.41, 5.74) is 9.43. The number of aryl methyl sites for hydroxylation is 1. The minimum absolute atomic E-state index is 0.239. The van der Waals surface area contributed by atoms with Crippen molar-refractivity contribution >= 4 is 11.6 Å². The largest absolute Gasteiger partial charge is 0.362 e. The van der Waals surface area contributed by atoms with Crippen molar-refractivity contribution in [1.82, 2.24) is 4.90 Å². The zero-order chi connectivity index (χ0) is 14.1. The molecule has 0 atom stereocenters. The van der Waals surface area contributed by atoms with Crippen molar-refractivity contribution in [3.8, 4) is 0 Å². The zero-order valence-electron chi connectivity index (χ0n) is 12.1. The Morgan fingerprint density at radius 2 is 2.25 bits per heavy atom. The molecule has 1 aromatic rings. The first-order valence-corrected chi connectivity index (χ1v) is 7.51. The SMILES string of the molecule is CN(C(=O)CN1CCCc2cc(CN)ccc21)C1CC1. The molecule has 4 nitrogen and oxygen atoms in total. The topological polar surface area (TPSA) is 49.6 Å². The average Bonchev–Trinajstić information content (AvgIpc) is 3.30. The molecule has 1 aromatic carbocycles. The van der Waals surface area contributed by atoms with Gasteiger partial charge >= 0.3 is 0 Å². The fraction of sp³-hybridized carbons (Fsp3) is 0.562. The number of hydrogen-bond acceptors (Lipinski definition) is 3. The van der Waals surface area contributed by atoms with E-state index >= 15 is 0 Å². The summed E-state index contributed by atoms with van der Waals surface area (Å²) in [4.78, 5) is 16.4. The molecule has 0 saturated heterocycles. The second-order valence-corrected chi connectivity index (χ2v) is 5.93. The quantitative estimate of drug-likeness (QED) is 0.905. The number of fused-ring (bicyclic) bond motifs is 1. The van der Waals surface area contributed by atoms with Crippen LogP contribution in [0.1, 0.15) is 30.4 Å². The summed E-state index contributed by atoms with van der Waals surface area (Å²) >= 11 is 0. The van der Waals surface area contributed by atoms with Gasteiger partial charge in [-0.15, -0.1) is 0 Å². The first-order valence-electron chi connectivity index (χ1n) is 7.51. The monoisotopic (exact) mass is 273 g/mol. The summed E-state index contributed by atoms with van der Waals surface area (Å²) in [6, 6.07) is 6.88. The third-order valence-electron chi connectivity index (χ3n) is 4.41. The molecular formula is C16H23N3O. The molecule has 2 aliphatic rings. The van der Waals surface area contributed by atoms with Crippen LogP contribution in [-0.4, -0.2) is 37.0 Å². The van der Waals surface area contributed by atoms with Gasteiger partial charge in [0.2, 0.25) is 5.91 Å². The van der Waals surface area contributed by atoms with Gasteiger partial charge in [0.05, 0.1) is 6.54 Å². The van der Waals surface area contributed by atoms with E-state index < -0.39 is 0 Å². The van der Waals surface area contributed by atoms with E-state index in [1.165, 1.54) is 29.7 Å². The van der Waals surface area contributed by atoms with E-state index in [0.717, 1.165) is 19.4 Å². The summed E-state index contributed by atoms with van der Waals surface area (Å²) in [5, 5.41) is 0. The number of rotatable bonds is 4. The van der Waals surface area contributed by atoms with Crippen LogP contribution < -0.4 is 10.6 Å². The predicted octanol–water partition coefficient (Wildman–Crippen LogP) is 1.52. The van der Waals surface area contributed by atoms with Crippen LogP contribution in [-0.2, 0) is 17.8 Å². The van der Waals surface area contributed by atoms with Crippen molar-refractivity contribution < 1.29 is 4.79 Å². The smallest absolute Gasteiger partial charge is 0.242 e. The zero-order valence-corrected chi connectivity index (χ0v) is 12.1. The van der Waals surface area contributed by atoms with E-state index in [1.807, 2.05) is 11.9 Å². The highest BCUT2D eigenvalue weighted by Crippen LogP contribution is 2.29. The molecule has 1 saturated carbocycles.